The van der Waals surface area contributed by atoms with E-state index < -0.39 is 22.5 Å². The lowest BCUT2D eigenvalue weighted by atomic mass is 10.3. The number of hydrogen-bond donors (Lipinski definition) is 1. The number of rotatable bonds is 6. The minimum Gasteiger partial charge on any atom is -0.497 e. The van der Waals surface area contributed by atoms with Gasteiger partial charge in [-0.3, -0.25) is 9.10 Å². The number of carbonyl (C=O) groups excluding carboxylic acids is 1. The molecule has 0 aliphatic heterocycles. The first-order chi connectivity index (χ1) is 10.8. The van der Waals surface area contributed by atoms with Crippen LogP contribution in [0.2, 0.25) is 5.02 Å². The molecule has 122 valence electrons. The van der Waals surface area contributed by atoms with Crippen molar-refractivity contribution in [2.75, 3.05) is 18.0 Å². The number of primary amides is 1. The van der Waals surface area contributed by atoms with Crippen molar-refractivity contribution in [3.63, 3.8) is 0 Å². The second-order valence-corrected chi connectivity index (χ2v) is 6.93. The third-order valence-corrected chi connectivity index (χ3v) is 5.10. The number of carbonyl (C=O) groups is 1. The fraction of sp³-hybridized carbons (Fsp3) is 0.133. The van der Waals surface area contributed by atoms with Gasteiger partial charge in [0, 0.05) is 5.02 Å². The molecule has 0 bridgehead atoms. The second kappa shape index (κ2) is 6.89. The van der Waals surface area contributed by atoms with E-state index in [0.717, 1.165) is 4.31 Å². The molecule has 2 rings (SSSR count). The van der Waals surface area contributed by atoms with E-state index in [1.165, 1.54) is 55.6 Å². The van der Waals surface area contributed by atoms with E-state index in [1.54, 1.807) is 0 Å². The minimum atomic E-state index is -3.95. The first-order valence-electron chi connectivity index (χ1n) is 6.55. The van der Waals surface area contributed by atoms with Gasteiger partial charge in [-0.05, 0) is 48.5 Å². The number of anilines is 1. The summed E-state index contributed by atoms with van der Waals surface area (Å²) in [4.78, 5) is 11.3. The Kier molecular flexibility index (Phi) is 5.12. The van der Waals surface area contributed by atoms with E-state index >= 15 is 0 Å². The van der Waals surface area contributed by atoms with Gasteiger partial charge in [-0.1, -0.05) is 11.6 Å². The maximum atomic E-state index is 12.8. The normalized spacial score (nSPS) is 11.0. The van der Waals surface area contributed by atoms with Crippen LogP contribution in [-0.2, 0) is 14.8 Å². The number of amides is 1. The van der Waals surface area contributed by atoms with E-state index in [-0.39, 0.29) is 4.90 Å². The maximum absolute atomic E-state index is 12.8. The zero-order valence-corrected chi connectivity index (χ0v) is 13.8. The van der Waals surface area contributed by atoms with Gasteiger partial charge in [-0.15, -0.1) is 0 Å². The van der Waals surface area contributed by atoms with Gasteiger partial charge < -0.3 is 10.5 Å². The smallest absolute Gasteiger partial charge is 0.264 e. The first kappa shape index (κ1) is 17.1. The molecule has 0 saturated heterocycles. The van der Waals surface area contributed by atoms with Crippen LogP contribution in [0.15, 0.2) is 53.4 Å². The van der Waals surface area contributed by atoms with Crippen molar-refractivity contribution in [2.24, 2.45) is 5.73 Å². The third kappa shape index (κ3) is 3.94. The summed E-state index contributed by atoms with van der Waals surface area (Å²) < 4.78 is 31.5. The van der Waals surface area contributed by atoms with E-state index in [1.807, 2.05) is 0 Å². The summed E-state index contributed by atoms with van der Waals surface area (Å²) >= 11 is 5.81. The number of nitrogens with zero attached hydrogens (tertiary/aromatic N) is 1. The van der Waals surface area contributed by atoms with Crippen LogP contribution in [-0.4, -0.2) is 28.0 Å². The molecular formula is C15H15ClN2O4S. The largest absolute Gasteiger partial charge is 0.497 e. The Hall–Kier alpha value is -2.25. The molecule has 0 saturated carbocycles. The van der Waals surface area contributed by atoms with E-state index in [9.17, 15) is 13.2 Å². The molecule has 23 heavy (non-hydrogen) atoms. The van der Waals surface area contributed by atoms with Crippen molar-refractivity contribution < 1.29 is 17.9 Å². The monoisotopic (exact) mass is 354 g/mol. The molecule has 2 aromatic rings. The predicted octanol–water partition coefficient (Wildman–Crippen LogP) is 2.03. The summed E-state index contributed by atoms with van der Waals surface area (Å²) in [6, 6.07) is 11.9. The van der Waals surface area contributed by atoms with Crippen LogP contribution in [0.1, 0.15) is 0 Å². The summed E-state index contributed by atoms with van der Waals surface area (Å²) in [5.74, 6) is -0.242. The topological polar surface area (TPSA) is 89.7 Å². The number of benzene rings is 2. The Morgan fingerprint density at radius 2 is 1.70 bits per heavy atom. The zero-order chi connectivity index (χ0) is 17.0. The molecule has 0 aromatic heterocycles. The summed E-state index contributed by atoms with van der Waals surface area (Å²) in [6.07, 6.45) is 0. The van der Waals surface area contributed by atoms with Crippen molar-refractivity contribution in [1.82, 2.24) is 0 Å². The zero-order valence-electron chi connectivity index (χ0n) is 12.3. The molecular weight excluding hydrogens is 340 g/mol. The number of ether oxygens (including phenoxy) is 1. The highest BCUT2D eigenvalue weighted by molar-refractivity contribution is 7.92. The highest BCUT2D eigenvalue weighted by Crippen LogP contribution is 2.26. The van der Waals surface area contributed by atoms with Gasteiger partial charge in [0.15, 0.2) is 0 Å². The first-order valence-corrected chi connectivity index (χ1v) is 8.37. The number of sulfonamides is 1. The van der Waals surface area contributed by atoms with Crippen molar-refractivity contribution >= 4 is 33.2 Å². The fourth-order valence-corrected chi connectivity index (χ4v) is 3.50. The quantitative estimate of drug-likeness (QED) is 0.859. The second-order valence-electron chi connectivity index (χ2n) is 4.63. The third-order valence-electron chi connectivity index (χ3n) is 3.06. The average Bonchev–Trinajstić information content (AvgIpc) is 2.53. The molecule has 6 nitrogen and oxygen atoms in total. The molecule has 0 spiro atoms. The Labute approximate surface area is 139 Å². The Bertz CT molecular complexity index is 789. The number of hydrogen-bond acceptors (Lipinski definition) is 4. The summed E-state index contributed by atoms with van der Waals surface area (Å²) in [5, 5.41) is 0.453. The highest BCUT2D eigenvalue weighted by Gasteiger charge is 2.26. The fourth-order valence-electron chi connectivity index (χ4n) is 1.94. The summed E-state index contributed by atoms with van der Waals surface area (Å²) in [7, 11) is -2.47. The van der Waals surface area contributed by atoms with Gasteiger partial charge >= 0.3 is 0 Å². The van der Waals surface area contributed by atoms with Gasteiger partial charge in [0.25, 0.3) is 10.0 Å². The average molecular weight is 355 g/mol. The van der Waals surface area contributed by atoms with Gasteiger partial charge in [-0.25, -0.2) is 8.42 Å². The van der Waals surface area contributed by atoms with Gasteiger partial charge in [0.1, 0.15) is 12.3 Å². The highest BCUT2D eigenvalue weighted by atomic mass is 35.5. The van der Waals surface area contributed by atoms with E-state index in [4.69, 9.17) is 22.1 Å². The molecule has 0 aliphatic rings. The van der Waals surface area contributed by atoms with Gasteiger partial charge in [0.2, 0.25) is 5.91 Å². The molecule has 0 unspecified atom stereocenters. The molecule has 2 N–H and O–H groups in total. The molecule has 1 amide bonds. The van der Waals surface area contributed by atoms with Crippen LogP contribution in [0.3, 0.4) is 0 Å². The molecule has 2 aromatic carbocycles. The van der Waals surface area contributed by atoms with Gasteiger partial charge in [-0.2, -0.15) is 0 Å². The lowest BCUT2D eigenvalue weighted by Crippen LogP contribution is -2.38. The van der Waals surface area contributed by atoms with Crippen molar-refractivity contribution in [2.45, 2.75) is 4.90 Å². The Balaban J connectivity index is 2.47. The predicted molar refractivity (Wildman–Crippen MR) is 88.2 cm³/mol. The SMILES string of the molecule is COc1ccc(S(=O)(=O)N(CC(N)=O)c2ccc(Cl)cc2)cc1. The molecule has 0 radical (unpaired) electrons. The van der Waals surface area contributed by atoms with Crippen molar-refractivity contribution in [3.05, 3.63) is 53.6 Å². The van der Waals surface area contributed by atoms with Crippen LogP contribution in [0, 0.1) is 0 Å². The van der Waals surface area contributed by atoms with Crippen LogP contribution >= 0.6 is 11.6 Å². The number of halogens is 1. The standard InChI is InChI=1S/C15H15ClN2O4S/c1-22-13-6-8-14(9-7-13)23(20,21)18(10-15(17)19)12-4-2-11(16)3-5-12/h2-9H,10H2,1H3,(H2,17,19). The maximum Gasteiger partial charge on any atom is 0.264 e. The molecule has 0 aliphatic carbocycles. The lowest BCUT2D eigenvalue weighted by molar-refractivity contribution is -0.116. The van der Waals surface area contributed by atoms with Crippen LogP contribution in [0.5, 0.6) is 5.75 Å². The summed E-state index contributed by atoms with van der Waals surface area (Å²) in [5.41, 5.74) is 5.49. The van der Waals surface area contributed by atoms with Crippen LogP contribution in [0.25, 0.3) is 0 Å². The minimum absolute atomic E-state index is 0.0227. The number of nitrogens with two attached hydrogens (primary N) is 1. The van der Waals surface area contributed by atoms with Crippen molar-refractivity contribution in [1.29, 1.82) is 0 Å². The molecule has 0 atom stereocenters. The van der Waals surface area contributed by atoms with Gasteiger partial charge in [0.05, 0.1) is 17.7 Å². The molecule has 8 heteroatoms. The van der Waals surface area contributed by atoms with Crippen molar-refractivity contribution in [3.8, 4) is 5.75 Å². The lowest BCUT2D eigenvalue weighted by Gasteiger charge is -2.23. The molecule has 0 heterocycles. The molecule has 0 fully saturated rings. The van der Waals surface area contributed by atoms with Crippen LogP contribution < -0.4 is 14.8 Å². The van der Waals surface area contributed by atoms with E-state index in [0.29, 0.717) is 16.5 Å². The Morgan fingerprint density at radius 1 is 1.13 bits per heavy atom. The number of methoxy groups -OCH3 is 1. The van der Waals surface area contributed by atoms with Crippen LogP contribution in [0.4, 0.5) is 5.69 Å². The summed E-state index contributed by atoms with van der Waals surface area (Å²) in [6.45, 7) is -0.476. The van der Waals surface area contributed by atoms with E-state index in [2.05, 4.69) is 0 Å². The Morgan fingerprint density at radius 3 is 2.17 bits per heavy atom.